The first kappa shape index (κ1) is 16.1. The van der Waals surface area contributed by atoms with Crippen LogP contribution < -0.4 is 10.6 Å². The SMILES string of the molecule is CCNC(=NCc1ccco1)NCC(C)c1ccc(C)cc1. The third kappa shape index (κ3) is 4.95. The highest BCUT2D eigenvalue weighted by atomic mass is 16.3. The Morgan fingerprint density at radius 3 is 2.59 bits per heavy atom. The van der Waals surface area contributed by atoms with Crippen LogP contribution in [0.15, 0.2) is 52.1 Å². The first-order valence-corrected chi connectivity index (χ1v) is 7.80. The van der Waals surface area contributed by atoms with Crippen molar-refractivity contribution in [1.29, 1.82) is 0 Å². The normalized spacial score (nSPS) is 13.0. The average Bonchev–Trinajstić information content (AvgIpc) is 3.04. The molecule has 0 fully saturated rings. The fourth-order valence-electron chi connectivity index (χ4n) is 2.16. The lowest BCUT2D eigenvalue weighted by Crippen LogP contribution is -2.39. The van der Waals surface area contributed by atoms with E-state index in [0.29, 0.717) is 12.5 Å². The molecule has 0 spiro atoms. The number of nitrogens with one attached hydrogen (secondary N) is 2. The van der Waals surface area contributed by atoms with Crippen molar-refractivity contribution < 1.29 is 4.42 Å². The van der Waals surface area contributed by atoms with E-state index in [1.807, 2.05) is 12.1 Å². The van der Waals surface area contributed by atoms with E-state index in [2.05, 4.69) is 60.7 Å². The molecule has 2 N–H and O–H groups in total. The van der Waals surface area contributed by atoms with Gasteiger partial charge < -0.3 is 15.1 Å². The van der Waals surface area contributed by atoms with Gasteiger partial charge in [0.25, 0.3) is 0 Å². The molecule has 0 radical (unpaired) electrons. The lowest BCUT2D eigenvalue weighted by molar-refractivity contribution is 0.511. The zero-order chi connectivity index (χ0) is 15.8. The second-order valence-electron chi connectivity index (χ2n) is 5.47. The van der Waals surface area contributed by atoms with Crippen LogP contribution in [0.5, 0.6) is 0 Å². The standard InChI is InChI=1S/C18H25N3O/c1-4-19-18(21-13-17-6-5-11-22-17)20-12-15(3)16-9-7-14(2)8-10-16/h5-11,15H,4,12-13H2,1-3H3,(H2,19,20,21). The summed E-state index contributed by atoms with van der Waals surface area (Å²) in [4.78, 5) is 4.54. The zero-order valence-corrected chi connectivity index (χ0v) is 13.6. The topological polar surface area (TPSA) is 49.6 Å². The fraction of sp³-hybridized carbons (Fsp3) is 0.389. The summed E-state index contributed by atoms with van der Waals surface area (Å²) in [6.45, 7) is 8.61. The van der Waals surface area contributed by atoms with E-state index in [1.165, 1.54) is 11.1 Å². The Morgan fingerprint density at radius 1 is 1.18 bits per heavy atom. The summed E-state index contributed by atoms with van der Waals surface area (Å²) in [6, 6.07) is 12.5. The van der Waals surface area contributed by atoms with Crippen molar-refractivity contribution in [3.63, 3.8) is 0 Å². The van der Waals surface area contributed by atoms with Crippen LogP contribution in [0.3, 0.4) is 0 Å². The van der Waals surface area contributed by atoms with Gasteiger partial charge >= 0.3 is 0 Å². The van der Waals surface area contributed by atoms with Gasteiger partial charge in [-0.2, -0.15) is 0 Å². The molecule has 0 saturated carbocycles. The van der Waals surface area contributed by atoms with Crippen molar-refractivity contribution in [2.45, 2.75) is 33.2 Å². The van der Waals surface area contributed by atoms with Crippen LogP contribution in [0.1, 0.15) is 36.7 Å². The smallest absolute Gasteiger partial charge is 0.191 e. The molecule has 1 aromatic carbocycles. The second kappa shape index (κ2) is 8.27. The minimum Gasteiger partial charge on any atom is -0.467 e. The maximum absolute atomic E-state index is 5.31. The summed E-state index contributed by atoms with van der Waals surface area (Å²) in [5, 5.41) is 6.65. The zero-order valence-electron chi connectivity index (χ0n) is 13.6. The Balaban J connectivity index is 1.90. The summed E-state index contributed by atoms with van der Waals surface area (Å²) < 4.78 is 5.31. The van der Waals surface area contributed by atoms with E-state index < -0.39 is 0 Å². The number of rotatable bonds is 6. The van der Waals surface area contributed by atoms with Gasteiger partial charge in [0.05, 0.1) is 6.26 Å². The minimum absolute atomic E-state index is 0.424. The Bertz CT molecular complexity index is 573. The molecule has 22 heavy (non-hydrogen) atoms. The highest BCUT2D eigenvalue weighted by Gasteiger charge is 2.06. The summed E-state index contributed by atoms with van der Waals surface area (Å²) in [6.07, 6.45) is 1.67. The molecule has 0 bridgehead atoms. The first-order valence-electron chi connectivity index (χ1n) is 7.80. The van der Waals surface area contributed by atoms with Crippen molar-refractivity contribution >= 4 is 5.96 Å². The third-order valence-corrected chi connectivity index (χ3v) is 3.54. The van der Waals surface area contributed by atoms with E-state index in [9.17, 15) is 0 Å². The molecule has 1 unspecified atom stereocenters. The summed E-state index contributed by atoms with van der Waals surface area (Å²) >= 11 is 0. The Labute approximate surface area is 132 Å². The number of nitrogens with zero attached hydrogens (tertiary/aromatic N) is 1. The van der Waals surface area contributed by atoms with Crippen molar-refractivity contribution in [1.82, 2.24) is 10.6 Å². The molecule has 1 heterocycles. The maximum atomic E-state index is 5.31. The van der Waals surface area contributed by atoms with Crippen molar-refractivity contribution in [3.8, 4) is 0 Å². The van der Waals surface area contributed by atoms with Gasteiger partial charge in [0.1, 0.15) is 12.3 Å². The second-order valence-corrected chi connectivity index (χ2v) is 5.47. The molecule has 1 aromatic heterocycles. The molecule has 0 amide bonds. The van der Waals surface area contributed by atoms with Crippen LogP contribution in [0.4, 0.5) is 0 Å². The van der Waals surface area contributed by atoms with Gasteiger partial charge in [-0.3, -0.25) is 0 Å². The molecule has 0 aliphatic rings. The summed E-state index contributed by atoms with van der Waals surface area (Å²) in [7, 11) is 0. The Morgan fingerprint density at radius 2 is 1.95 bits per heavy atom. The van der Waals surface area contributed by atoms with Crippen LogP contribution in [-0.4, -0.2) is 19.0 Å². The van der Waals surface area contributed by atoms with Gasteiger partial charge in [0.2, 0.25) is 0 Å². The van der Waals surface area contributed by atoms with Gasteiger partial charge in [-0.25, -0.2) is 4.99 Å². The van der Waals surface area contributed by atoms with Gasteiger partial charge in [0, 0.05) is 13.1 Å². The first-order chi connectivity index (χ1) is 10.7. The number of hydrogen-bond acceptors (Lipinski definition) is 2. The highest BCUT2D eigenvalue weighted by molar-refractivity contribution is 5.79. The molecule has 4 nitrogen and oxygen atoms in total. The third-order valence-electron chi connectivity index (χ3n) is 3.54. The Hall–Kier alpha value is -2.23. The molecule has 2 aromatic rings. The van der Waals surface area contributed by atoms with Gasteiger partial charge in [-0.15, -0.1) is 0 Å². The summed E-state index contributed by atoms with van der Waals surface area (Å²) in [5.41, 5.74) is 2.62. The number of hydrogen-bond donors (Lipinski definition) is 2. The lowest BCUT2D eigenvalue weighted by atomic mass is 10.0. The lowest BCUT2D eigenvalue weighted by Gasteiger charge is -2.16. The number of guanidine groups is 1. The van der Waals surface area contributed by atoms with E-state index in [0.717, 1.165) is 24.8 Å². The van der Waals surface area contributed by atoms with Crippen molar-refractivity contribution in [2.24, 2.45) is 4.99 Å². The number of furan rings is 1. The predicted molar refractivity (Wildman–Crippen MR) is 91.1 cm³/mol. The molecule has 2 rings (SSSR count). The maximum Gasteiger partial charge on any atom is 0.191 e. The van der Waals surface area contributed by atoms with Crippen LogP contribution in [0.2, 0.25) is 0 Å². The molecule has 1 atom stereocenters. The van der Waals surface area contributed by atoms with Crippen LogP contribution in [0, 0.1) is 6.92 Å². The number of benzene rings is 1. The Kier molecular flexibility index (Phi) is 6.07. The monoisotopic (exact) mass is 299 g/mol. The average molecular weight is 299 g/mol. The van der Waals surface area contributed by atoms with E-state index in [1.54, 1.807) is 6.26 Å². The predicted octanol–water partition coefficient (Wildman–Crippen LogP) is 3.45. The fourth-order valence-corrected chi connectivity index (χ4v) is 2.16. The van der Waals surface area contributed by atoms with Gasteiger partial charge in [-0.05, 0) is 37.5 Å². The van der Waals surface area contributed by atoms with Crippen molar-refractivity contribution in [2.75, 3.05) is 13.1 Å². The number of aliphatic imine (C=N–C) groups is 1. The molecular weight excluding hydrogens is 274 g/mol. The van der Waals surface area contributed by atoms with E-state index in [-0.39, 0.29) is 0 Å². The van der Waals surface area contributed by atoms with Gasteiger partial charge in [-0.1, -0.05) is 36.8 Å². The quantitative estimate of drug-likeness (QED) is 0.634. The molecule has 118 valence electrons. The van der Waals surface area contributed by atoms with E-state index in [4.69, 9.17) is 4.42 Å². The van der Waals surface area contributed by atoms with Crippen LogP contribution >= 0.6 is 0 Å². The van der Waals surface area contributed by atoms with Crippen LogP contribution in [-0.2, 0) is 6.54 Å². The highest BCUT2D eigenvalue weighted by Crippen LogP contribution is 2.14. The molecule has 4 heteroatoms. The van der Waals surface area contributed by atoms with E-state index >= 15 is 0 Å². The van der Waals surface area contributed by atoms with Gasteiger partial charge in [0.15, 0.2) is 5.96 Å². The summed E-state index contributed by atoms with van der Waals surface area (Å²) in [5.74, 6) is 2.11. The molecule has 0 aliphatic carbocycles. The molecular formula is C18H25N3O. The number of aryl methyl sites for hydroxylation is 1. The molecule has 0 saturated heterocycles. The van der Waals surface area contributed by atoms with Crippen molar-refractivity contribution in [3.05, 3.63) is 59.5 Å². The minimum atomic E-state index is 0.424. The molecule has 0 aliphatic heterocycles. The largest absolute Gasteiger partial charge is 0.467 e. The van der Waals surface area contributed by atoms with Crippen LogP contribution in [0.25, 0.3) is 0 Å².